The van der Waals surface area contributed by atoms with Crippen molar-refractivity contribution in [3.8, 4) is 0 Å². The molecule has 90 valence electrons. The van der Waals surface area contributed by atoms with E-state index < -0.39 is 0 Å². The summed E-state index contributed by atoms with van der Waals surface area (Å²) in [5.74, 6) is 0. The Balaban J connectivity index is 2.53. The second-order valence-electron chi connectivity index (χ2n) is 3.65. The average Bonchev–Trinajstić information content (AvgIpc) is 2.68. The Hall–Kier alpha value is -1.45. The van der Waals surface area contributed by atoms with Gasteiger partial charge in [0.1, 0.15) is 5.69 Å². The molecule has 8 heteroatoms. The Kier molecular flexibility index (Phi) is 3.13. The van der Waals surface area contributed by atoms with Gasteiger partial charge in [-0.3, -0.25) is 14.0 Å². The third-order valence-corrected chi connectivity index (χ3v) is 3.00. The van der Waals surface area contributed by atoms with Gasteiger partial charge in [-0.15, -0.1) is 5.10 Å². The van der Waals surface area contributed by atoms with E-state index in [9.17, 15) is 9.59 Å². The van der Waals surface area contributed by atoms with Gasteiger partial charge in [0.25, 0.3) is 5.56 Å². The van der Waals surface area contributed by atoms with Crippen LogP contribution in [0.5, 0.6) is 0 Å². The minimum Gasteiger partial charge on any atom is -0.302 e. The highest BCUT2D eigenvalue weighted by Crippen LogP contribution is 1.96. The van der Waals surface area contributed by atoms with Crippen LogP contribution in [0.15, 0.2) is 22.0 Å². The van der Waals surface area contributed by atoms with Crippen LogP contribution in [0.1, 0.15) is 5.69 Å². The molecular formula is C9H10IN5O2. The van der Waals surface area contributed by atoms with Gasteiger partial charge in [-0.25, -0.2) is 4.79 Å². The largest absolute Gasteiger partial charge is 0.331 e. The quantitative estimate of drug-likeness (QED) is 0.676. The van der Waals surface area contributed by atoms with Crippen molar-refractivity contribution >= 4 is 22.6 Å². The molecule has 2 aromatic rings. The molecule has 0 aliphatic rings. The number of halogens is 1. The molecule has 0 N–H and O–H groups in total. The third kappa shape index (κ3) is 2.30. The van der Waals surface area contributed by atoms with E-state index in [1.54, 1.807) is 20.3 Å². The summed E-state index contributed by atoms with van der Waals surface area (Å²) in [5, 5.41) is 7.61. The molecule has 17 heavy (non-hydrogen) atoms. The van der Waals surface area contributed by atoms with Crippen molar-refractivity contribution in [3.63, 3.8) is 0 Å². The van der Waals surface area contributed by atoms with Crippen LogP contribution >= 0.6 is 22.6 Å². The van der Waals surface area contributed by atoms with Crippen molar-refractivity contribution < 1.29 is 0 Å². The summed E-state index contributed by atoms with van der Waals surface area (Å²) in [6, 6.07) is 0. The van der Waals surface area contributed by atoms with E-state index in [4.69, 9.17) is 0 Å². The van der Waals surface area contributed by atoms with Gasteiger partial charge in [-0.05, 0) is 22.6 Å². The Labute approximate surface area is 110 Å². The van der Waals surface area contributed by atoms with Crippen molar-refractivity contribution in [2.24, 2.45) is 14.1 Å². The van der Waals surface area contributed by atoms with Gasteiger partial charge in [0.2, 0.25) is 0 Å². The molecule has 0 bridgehead atoms. The summed E-state index contributed by atoms with van der Waals surface area (Å²) in [7, 11) is 3.34. The molecule has 7 nitrogen and oxygen atoms in total. The lowest BCUT2D eigenvalue weighted by atomic mass is 10.4. The summed E-state index contributed by atoms with van der Waals surface area (Å²) in [6.45, 7) is 0.135. The van der Waals surface area contributed by atoms with E-state index in [-0.39, 0.29) is 17.8 Å². The maximum Gasteiger partial charge on any atom is 0.331 e. The normalized spacial score (nSPS) is 10.8. The van der Waals surface area contributed by atoms with Crippen LogP contribution in [0.25, 0.3) is 0 Å². The van der Waals surface area contributed by atoms with Gasteiger partial charge in [-0.1, -0.05) is 5.21 Å². The fourth-order valence-electron chi connectivity index (χ4n) is 1.46. The maximum absolute atomic E-state index is 11.8. The summed E-state index contributed by atoms with van der Waals surface area (Å²) >= 11 is 1.91. The molecular weight excluding hydrogens is 337 g/mol. The van der Waals surface area contributed by atoms with E-state index in [0.717, 1.165) is 4.57 Å². The summed E-state index contributed by atoms with van der Waals surface area (Å²) in [6.07, 6.45) is 3.18. The Morgan fingerprint density at radius 1 is 1.29 bits per heavy atom. The molecule has 2 aromatic heterocycles. The predicted octanol–water partition coefficient (Wildman–Crippen LogP) is -0.672. The van der Waals surface area contributed by atoms with Gasteiger partial charge < -0.3 is 4.57 Å². The number of rotatable bonds is 2. The van der Waals surface area contributed by atoms with E-state index in [1.807, 2.05) is 22.6 Å². The van der Waals surface area contributed by atoms with Gasteiger partial charge in [0, 0.05) is 26.5 Å². The molecule has 0 aromatic carbocycles. The van der Waals surface area contributed by atoms with Crippen LogP contribution in [0.4, 0.5) is 0 Å². The first-order valence-corrected chi connectivity index (χ1v) is 5.88. The van der Waals surface area contributed by atoms with Gasteiger partial charge in [0.05, 0.1) is 10.1 Å². The van der Waals surface area contributed by atoms with Crippen LogP contribution in [0, 0.1) is 3.57 Å². The first-order chi connectivity index (χ1) is 7.99. The lowest BCUT2D eigenvalue weighted by Gasteiger charge is -2.05. The molecule has 0 spiro atoms. The third-order valence-electron chi connectivity index (χ3n) is 2.26. The molecule has 0 saturated heterocycles. The lowest BCUT2D eigenvalue weighted by Crippen LogP contribution is -2.40. The number of aromatic nitrogens is 5. The lowest BCUT2D eigenvalue weighted by molar-refractivity contribution is 0.624. The zero-order valence-electron chi connectivity index (χ0n) is 9.29. The summed E-state index contributed by atoms with van der Waals surface area (Å²) < 4.78 is 4.54. The highest BCUT2D eigenvalue weighted by atomic mass is 127. The number of nitrogens with zero attached hydrogens (tertiary/aromatic N) is 5. The van der Waals surface area contributed by atoms with Crippen LogP contribution in [-0.2, 0) is 20.6 Å². The van der Waals surface area contributed by atoms with E-state index in [2.05, 4.69) is 10.3 Å². The van der Waals surface area contributed by atoms with Crippen molar-refractivity contribution in [1.82, 2.24) is 24.1 Å². The van der Waals surface area contributed by atoms with Crippen molar-refractivity contribution in [1.29, 1.82) is 0 Å². The molecule has 2 rings (SSSR count). The van der Waals surface area contributed by atoms with Crippen molar-refractivity contribution in [3.05, 3.63) is 42.5 Å². The van der Waals surface area contributed by atoms with E-state index >= 15 is 0 Å². The first kappa shape index (κ1) is 12.0. The van der Waals surface area contributed by atoms with Crippen LogP contribution in [0.3, 0.4) is 0 Å². The Morgan fingerprint density at radius 3 is 2.59 bits per heavy atom. The van der Waals surface area contributed by atoms with Gasteiger partial charge in [-0.2, -0.15) is 0 Å². The van der Waals surface area contributed by atoms with Crippen LogP contribution in [-0.4, -0.2) is 24.1 Å². The van der Waals surface area contributed by atoms with Crippen molar-refractivity contribution in [2.75, 3.05) is 0 Å². The van der Waals surface area contributed by atoms with E-state index in [1.165, 1.54) is 15.4 Å². The maximum atomic E-state index is 11.8. The zero-order chi connectivity index (χ0) is 12.6. The zero-order valence-corrected chi connectivity index (χ0v) is 11.4. The number of hydrogen-bond acceptors (Lipinski definition) is 4. The first-order valence-electron chi connectivity index (χ1n) is 4.80. The van der Waals surface area contributed by atoms with Crippen LogP contribution in [0.2, 0.25) is 0 Å². The molecule has 0 amide bonds. The number of hydrogen-bond donors (Lipinski definition) is 0. The highest BCUT2D eigenvalue weighted by Gasteiger charge is 2.09. The second-order valence-corrected chi connectivity index (χ2v) is 4.81. The van der Waals surface area contributed by atoms with Gasteiger partial charge in [0.15, 0.2) is 0 Å². The predicted molar refractivity (Wildman–Crippen MR) is 68.8 cm³/mol. The minimum atomic E-state index is -0.360. The molecule has 0 saturated carbocycles. The molecule has 0 radical (unpaired) electrons. The van der Waals surface area contributed by atoms with E-state index in [0.29, 0.717) is 9.26 Å². The Bertz CT molecular complexity index is 635. The molecule has 0 fully saturated rings. The molecule has 0 aliphatic carbocycles. The van der Waals surface area contributed by atoms with Crippen LogP contribution < -0.4 is 11.2 Å². The second kappa shape index (κ2) is 4.43. The molecule has 0 atom stereocenters. The summed E-state index contributed by atoms with van der Waals surface area (Å²) in [4.78, 5) is 23.7. The van der Waals surface area contributed by atoms with Gasteiger partial charge >= 0.3 is 5.69 Å². The standard InChI is InChI=1S/C9H10IN5O2/c1-13-5-7(10)8(16)15(9(13)17)4-6-3-14(2)12-11-6/h3,5H,4H2,1-2H3. The summed E-state index contributed by atoms with van der Waals surface area (Å²) in [5.41, 5.74) is -0.0888. The molecule has 0 aliphatic heterocycles. The molecule has 0 unspecified atom stereocenters. The topological polar surface area (TPSA) is 74.7 Å². The van der Waals surface area contributed by atoms with Crippen molar-refractivity contribution in [2.45, 2.75) is 6.54 Å². The fraction of sp³-hybridized carbons (Fsp3) is 0.333. The number of aryl methyl sites for hydroxylation is 2. The molecule has 2 heterocycles. The fourth-order valence-corrected chi connectivity index (χ4v) is 2.16. The Morgan fingerprint density at radius 2 is 2.00 bits per heavy atom. The smallest absolute Gasteiger partial charge is 0.302 e. The highest BCUT2D eigenvalue weighted by molar-refractivity contribution is 14.1. The average molecular weight is 347 g/mol. The SMILES string of the molecule is Cn1cc(Cn2c(=O)c(I)cn(C)c2=O)nn1. The monoisotopic (exact) mass is 347 g/mol. The minimum absolute atomic E-state index is 0.135.